The van der Waals surface area contributed by atoms with Gasteiger partial charge in [0, 0.05) is 11.1 Å². The molecule has 1 amide bonds. The first-order valence-corrected chi connectivity index (χ1v) is 11.5. The van der Waals surface area contributed by atoms with Crippen LogP contribution in [0.5, 0.6) is 11.5 Å². The van der Waals surface area contributed by atoms with Crippen LogP contribution in [0.4, 0.5) is 24.0 Å². The Morgan fingerprint density at radius 3 is 2.86 bits per heavy atom. The number of hydrazone groups is 1. The Bertz CT molecular complexity index is 1270. The highest BCUT2D eigenvalue weighted by Crippen LogP contribution is 2.36. The summed E-state index contributed by atoms with van der Waals surface area (Å²) in [6, 6.07) is 8.16. The second-order valence-electron chi connectivity index (χ2n) is 6.84. The monoisotopic (exact) mass is 566 g/mol. The van der Waals surface area contributed by atoms with Gasteiger partial charge in [-0.2, -0.15) is 18.3 Å². The molecule has 1 aromatic heterocycles. The van der Waals surface area contributed by atoms with Crippen molar-refractivity contribution in [3.63, 3.8) is 0 Å². The van der Waals surface area contributed by atoms with Crippen molar-refractivity contribution >= 4 is 50.2 Å². The number of thiazole rings is 1. The molecule has 35 heavy (non-hydrogen) atoms. The highest BCUT2D eigenvalue weighted by molar-refractivity contribution is 9.10. The third-order valence-corrected chi connectivity index (χ3v) is 5.68. The zero-order valence-electron chi connectivity index (χ0n) is 18.1. The number of carbonyl (C=O) groups excluding carboxylic acids is 1. The first-order chi connectivity index (χ1) is 16.7. The molecule has 0 aliphatic carbocycles. The Hall–Kier alpha value is -3.56. The second kappa shape index (κ2) is 11.7. The van der Waals surface area contributed by atoms with Crippen LogP contribution in [-0.4, -0.2) is 30.8 Å². The average Bonchev–Trinajstić information content (AvgIpc) is 3.24. The van der Waals surface area contributed by atoms with Crippen molar-refractivity contribution in [1.29, 1.82) is 0 Å². The molecule has 7 nitrogen and oxygen atoms in total. The molecule has 182 valence electrons. The number of nitrogens with zero attached hydrogens (tertiary/aromatic N) is 2. The van der Waals surface area contributed by atoms with Crippen molar-refractivity contribution in [1.82, 2.24) is 10.4 Å². The summed E-state index contributed by atoms with van der Waals surface area (Å²) >= 11 is 4.55. The van der Waals surface area contributed by atoms with Gasteiger partial charge in [0.2, 0.25) is 5.91 Å². The molecule has 0 fully saturated rings. The number of hydrogen-bond donors (Lipinski definition) is 2. The Kier molecular flexibility index (Phi) is 8.73. The fraction of sp³-hybridized carbons (Fsp3) is 0.174. The molecule has 12 heteroatoms. The largest absolute Gasteiger partial charge is 0.493 e. The summed E-state index contributed by atoms with van der Waals surface area (Å²) < 4.78 is 49.9. The maximum Gasteiger partial charge on any atom is 0.416 e. The predicted molar refractivity (Wildman–Crippen MR) is 131 cm³/mol. The van der Waals surface area contributed by atoms with E-state index in [1.807, 2.05) is 0 Å². The number of ether oxygens (including phenoxy) is 2. The van der Waals surface area contributed by atoms with Crippen molar-refractivity contribution in [2.75, 3.05) is 19.0 Å². The van der Waals surface area contributed by atoms with E-state index in [4.69, 9.17) is 15.9 Å². The van der Waals surface area contributed by atoms with Crippen LogP contribution in [0.3, 0.4) is 0 Å². The number of amides is 1. The molecule has 0 unspecified atom stereocenters. The highest BCUT2D eigenvalue weighted by atomic mass is 79.9. The summed E-state index contributed by atoms with van der Waals surface area (Å²) in [6.45, 7) is 0.0756. The summed E-state index contributed by atoms with van der Waals surface area (Å²) in [7, 11) is 1.48. The molecule has 0 aliphatic heterocycles. The topological polar surface area (TPSA) is 84.8 Å². The van der Waals surface area contributed by atoms with Gasteiger partial charge in [-0.1, -0.05) is 12.0 Å². The number of alkyl halides is 3. The molecular formula is C23H18BrF3N4O3S. The van der Waals surface area contributed by atoms with Crippen molar-refractivity contribution in [3.05, 3.63) is 63.1 Å². The lowest BCUT2D eigenvalue weighted by Gasteiger charge is -2.11. The smallest absolute Gasteiger partial charge is 0.416 e. The lowest BCUT2D eigenvalue weighted by atomic mass is 10.2. The molecular weight excluding hydrogens is 549 g/mol. The Balaban J connectivity index is 1.57. The summed E-state index contributed by atoms with van der Waals surface area (Å²) in [4.78, 5) is 16.4. The van der Waals surface area contributed by atoms with Gasteiger partial charge in [-0.15, -0.1) is 17.8 Å². The van der Waals surface area contributed by atoms with Crippen LogP contribution >= 0.6 is 27.3 Å². The Morgan fingerprint density at radius 1 is 1.34 bits per heavy atom. The number of carbonyl (C=O) groups is 1. The summed E-state index contributed by atoms with van der Waals surface area (Å²) in [5.74, 6) is 2.84. The first-order valence-electron chi connectivity index (χ1n) is 9.84. The van der Waals surface area contributed by atoms with Gasteiger partial charge in [-0.25, -0.2) is 10.4 Å². The van der Waals surface area contributed by atoms with Crippen LogP contribution in [0, 0.1) is 12.3 Å². The molecule has 1 heterocycles. The molecule has 0 aliphatic rings. The molecule has 0 bridgehead atoms. The third-order valence-electron chi connectivity index (χ3n) is 4.29. The number of hydrogen-bond acceptors (Lipinski definition) is 7. The van der Waals surface area contributed by atoms with Gasteiger partial charge >= 0.3 is 6.18 Å². The molecule has 0 spiro atoms. The van der Waals surface area contributed by atoms with E-state index in [1.165, 1.54) is 36.8 Å². The first kappa shape index (κ1) is 26.1. The lowest BCUT2D eigenvalue weighted by Crippen LogP contribution is -2.20. The van der Waals surface area contributed by atoms with Crippen LogP contribution < -0.4 is 20.2 Å². The van der Waals surface area contributed by atoms with Crippen molar-refractivity contribution < 1.29 is 27.4 Å². The van der Waals surface area contributed by atoms with Crippen LogP contribution in [-0.2, 0) is 17.4 Å². The molecule has 0 radical (unpaired) electrons. The van der Waals surface area contributed by atoms with Gasteiger partial charge in [0.1, 0.15) is 6.61 Å². The number of halogens is 4. The summed E-state index contributed by atoms with van der Waals surface area (Å²) in [6.07, 6.45) is 2.14. The minimum Gasteiger partial charge on any atom is -0.493 e. The van der Waals surface area contributed by atoms with Crippen molar-refractivity contribution in [2.24, 2.45) is 5.10 Å². The van der Waals surface area contributed by atoms with E-state index in [1.54, 1.807) is 17.5 Å². The number of methoxy groups -OCH3 is 1. The van der Waals surface area contributed by atoms with E-state index in [0.717, 1.165) is 12.1 Å². The third kappa shape index (κ3) is 7.46. The van der Waals surface area contributed by atoms with Crippen LogP contribution in [0.2, 0.25) is 0 Å². The van der Waals surface area contributed by atoms with Gasteiger partial charge < -0.3 is 14.8 Å². The number of benzene rings is 2. The number of anilines is 2. The second-order valence-corrected chi connectivity index (χ2v) is 8.56. The minimum atomic E-state index is -4.44. The number of aromatic nitrogens is 1. The molecule has 0 saturated heterocycles. The van der Waals surface area contributed by atoms with Crippen LogP contribution in [0.1, 0.15) is 16.8 Å². The fourth-order valence-corrected chi connectivity index (χ4v) is 4.10. The Labute approximate surface area is 211 Å². The zero-order valence-corrected chi connectivity index (χ0v) is 20.6. The zero-order chi connectivity index (χ0) is 25.4. The van der Waals surface area contributed by atoms with E-state index in [9.17, 15) is 18.0 Å². The van der Waals surface area contributed by atoms with Gasteiger partial charge in [0.15, 0.2) is 16.6 Å². The number of terminal acetylenes is 1. The minimum absolute atomic E-state index is 0.0655. The maximum atomic E-state index is 12.9. The van der Waals surface area contributed by atoms with Gasteiger partial charge in [-0.05, 0) is 51.8 Å². The number of nitrogens with one attached hydrogen (secondary N) is 2. The van der Waals surface area contributed by atoms with Gasteiger partial charge in [0.05, 0.1) is 35.5 Å². The van der Waals surface area contributed by atoms with E-state index in [0.29, 0.717) is 32.4 Å². The van der Waals surface area contributed by atoms with Gasteiger partial charge in [0.25, 0.3) is 0 Å². The quantitative estimate of drug-likeness (QED) is 0.206. The van der Waals surface area contributed by atoms with Crippen molar-refractivity contribution in [2.45, 2.75) is 12.6 Å². The van der Waals surface area contributed by atoms with Crippen molar-refractivity contribution in [3.8, 4) is 23.8 Å². The van der Waals surface area contributed by atoms with Gasteiger partial charge in [-0.3, -0.25) is 4.79 Å². The molecule has 0 atom stereocenters. The fourth-order valence-electron chi connectivity index (χ4n) is 2.79. The van der Waals surface area contributed by atoms with E-state index in [-0.39, 0.29) is 18.7 Å². The molecule has 3 rings (SSSR count). The van der Waals surface area contributed by atoms with Crippen LogP contribution in [0.25, 0.3) is 0 Å². The average molecular weight is 567 g/mol. The number of rotatable bonds is 9. The molecule has 3 aromatic rings. The van der Waals surface area contributed by atoms with E-state index in [2.05, 4.69) is 42.7 Å². The molecule has 2 N–H and O–H groups in total. The maximum absolute atomic E-state index is 12.9. The summed E-state index contributed by atoms with van der Waals surface area (Å²) in [5, 5.41) is 8.75. The standard InChI is InChI=1S/C23H18BrF3N4O3S/c1-3-7-34-21-18(24)8-14(9-19(21)33-2)12-28-31-20(32)11-17-13-35-22(30-17)29-16-6-4-5-15(10-16)23(25,26)27/h1,4-6,8-10,12-13H,7,11H2,2H3,(H,29,30)(H,31,32)/b28-12-. The SMILES string of the molecule is C#CCOc1c(Br)cc(/C=N\NC(=O)Cc2csc(Nc3cccc(C(F)(F)F)c3)n2)cc1OC. The van der Waals surface area contributed by atoms with Crippen LogP contribution in [0.15, 0.2) is 51.4 Å². The predicted octanol–water partition coefficient (Wildman–Crippen LogP) is 5.38. The normalized spacial score (nSPS) is 11.2. The lowest BCUT2D eigenvalue weighted by molar-refractivity contribution is -0.137. The highest BCUT2D eigenvalue weighted by Gasteiger charge is 2.30. The van der Waals surface area contributed by atoms with E-state index >= 15 is 0 Å². The Morgan fingerprint density at radius 2 is 2.14 bits per heavy atom. The van der Waals surface area contributed by atoms with E-state index < -0.39 is 17.6 Å². The summed E-state index contributed by atoms with van der Waals surface area (Å²) in [5.41, 5.74) is 2.95. The molecule has 2 aromatic carbocycles. The molecule has 0 saturated carbocycles.